The molecule has 1 aliphatic carbocycles. The lowest BCUT2D eigenvalue weighted by Crippen LogP contribution is -2.27. The molecule has 1 aromatic carbocycles. The maximum atomic E-state index is 11.3. The largest absolute Gasteiger partial charge is 0.380 e. The van der Waals surface area contributed by atoms with E-state index in [1.165, 1.54) is 11.1 Å². The number of carbonyl (C=O) groups excluding carboxylic acids is 1. The van der Waals surface area contributed by atoms with Gasteiger partial charge in [-0.2, -0.15) is 0 Å². The highest BCUT2D eigenvalue weighted by molar-refractivity contribution is 5.92. The SMILES string of the molecule is O=C1C=C(N[C@@H]2CCc3ccccc32)COC1. The van der Waals surface area contributed by atoms with E-state index in [1.54, 1.807) is 6.08 Å². The summed E-state index contributed by atoms with van der Waals surface area (Å²) in [6.45, 7) is 0.733. The molecule has 1 aliphatic heterocycles. The molecule has 1 heterocycles. The number of benzene rings is 1. The fourth-order valence-electron chi connectivity index (χ4n) is 2.55. The smallest absolute Gasteiger partial charge is 0.183 e. The Morgan fingerprint density at radius 1 is 1.24 bits per heavy atom. The molecule has 1 N–H and O–H groups in total. The number of hydrogen-bond acceptors (Lipinski definition) is 3. The van der Waals surface area contributed by atoms with Crippen molar-refractivity contribution in [2.45, 2.75) is 18.9 Å². The van der Waals surface area contributed by atoms with Crippen molar-refractivity contribution in [3.05, 3.63) is 47.2 Å². The Bertz CT molecular complexity index is 479. The van der Waals surface area contributed by atoms with Crippen LogP contribution in [0.5, 0.6) is 0 Å². The Hall–Kier alpha value is -1.61. The van der Waals surface area contributed by atoms with E-state index in [1.807, 2.05) is 0 Å². The first-order chi connectivity index (χ1) is 8.33. The van der Waals surface area contributed by atoms with Gasteiger partial charge in [0, 0.05) is 11.8 Å². The number of hydrogen-bond donors (Lipinski definition) is 1. The summed E-state index contributed by atoms with van der Waals surface area (Å²) in [5, 5.41) is 3.42. The van der Waals surface area contributed by atoms with Crippen LogP contribution >= 0.6 is 0 Å². The first-order valence-electron chi connectivity index (χ1n) is 5.98. The molecule has 0 radical (unpaired) electrons. The molecule has 0 saturated heterocycles. The molecule has 0 spiro atoms. The Balaban J connectivity index is 1.77. The van der Waals surface area contributed by atoms with Crippen molar-refractivity contribution in [2.24, 2.45) is 0 Å². The van der Waals surface area contributed by atoms with Crippen LogP contribution in [-0.2, 0) is 16.0 Å². The van der Waals surface area contributed by atoms with Gasteiger partial charge in [-0.05, 0) is 24.0 Å². The normalized spacial score (nSPS) is 23.2. The zero-order valence-corrected chi connectivity index (χ0v) is 9.61. The quantitative estimate of drug-likeness (QED) is 0.839. The van der Waals surface area contributed by atoms with Gasteiger partial charge >= 0.3 is 0 Å². The van der Waals surface area contributed by atoms with Crippen LogP contribution in [0.25, 0.3) is 0 Å². The molecule has 3 nitrogen and oxygen atoms in total. The maximum absolute atomic E-state index is 11.3. The predicted molar refractivity (Wildman–Crippen MR) is 64.5 cm³/mol. The lowest BCUT2D eigenvalue weighted by atomic mass is 10.1. The molecule has 2 aliphatic rings. The monoisotopic (exact) mass is 229 g/mol. The van der Waals surface area contributed by atoms with E-state index in [4.69, 9.17) is 4.74 Å². The highest BCUT2D eigenvalue weighted by Gasteiger charge is 2.23. The molecule has 0 unspecified atom stereocenters. The molecule has 0 bridgehead atoms. The minimum Gasteiger partial charge on any atom is -0.380 e. The standard InChI is InChI=1S/C14H15NO2/c16-12-7-11(8-17-9-12)15-14-6-5-10-3-1-2-4-13(10)14/h1-4,7,14-15H,5-6,8-9H2/t14-/m1/s1. The third-order valence-electron chi connectivity index (χ3n) is 3.33. The number of rotatable bonds is 2. The molecule has 0 amide bonds. The zero-order chi connectivity index (χ0) is 11.7. The van der Waals surface area contributed by atoms with E-state index in [-0.39, 0.29) is 12.4 Å². The molecule has 1 aromatic rings. The molecule has 0 aromatic heterocycles. The summed E-state index contributed by atoms with van der Waals surface area (Å²) in [5.41, 5.74) is 3.67. The number of ketones is 1. The Kier molecular flexibility index (Phi) is 2.69. The molecular formula is C14H15NO2. The second-order valence-electron chi connectivity index (χ2n) is 4.56. The van der Waals surface area contributed by atoms with Gasteiger partial charge in [-0.15, -0.1) is 0 Å². The fourth-order valence-corrected chi connectivity index (χ4v) is 2.55. The van der Waals surface area contributed by atoms with Crippen LogP contribution in [0, 0.1) is 0 Å². The van der Waals surface area contributed by atoms with Gasteiger partial charge in [0.25, 0.3) is 0 Å². The second kappa shape index (κ2) is 4.34. The van der Waals surface area contributed by atoms with Gasteiger partial charge < -0.3 is 10.1 Å². The van der Waals surface area contributed by atoms with E-state index in [0.717, 1.165) is 18.5 Å². The van der Waals surface area contributed by atoms with E-state index in [0.29, 0.717) is 12.6 Å². The molecule has 88 valence electrons. The highest BCUT2D eigenvalue weighted by Crippen LogP contribution is 2.31. The molecule has 0 saturated carbocycles. The van der Waals surface area contributed by atoms with Gasteiger partial charge in [-0.1, -0.05) is 24.3 Å². The first kappa shape index (κ1) is 10.5. The van der Waals surface area contributed by atoms with Crippen LogP contribution in [0.2, 0.25) is 0 Å². The van der Waals surface area contributed by atoms with E-state index in [9.17, 15) is 4.79 Å². The van der Waals surface area contributed by atoms with E-state index >= 15 is 0 Å². The van der Waals surface area contributed by atoms with Crippen molar-refractivity contribution >= 4 is 5.78 Å². The summed E-state index contributed by atoms with van der Waals surface area (Å²) in [6, 6.07) is 8.80. The van der Waals surface area contributed by atoms with Crippen LogP contribution in [0.15, 0.2) is 36.0 Å². The molecule has 17 heavy (non-hydrogen) atoms. The third kappa shape index (κ3) is 2.11. The van der Waals surface area contributed by atoms with Crippen molar-refractivity contribution in [1.29, 1.82) is 0 Å². The van der Waals surface area contributed by atoms with Crippen molar-refractivity contribution in [3.8, 4) is 0 Å². The number of carbonyl (C=O) groups is 1. The minimum atomic E-state index is 0.0463. The number of fused-ring (bicyclic) bond motifs is 1. The van der Waals surface area contributed by atoms with E-state index < -0.39 is 0 Å². The van der Waals surface area contributed by atoms with Crippen molar-refractivity contribution in [2.75, 3.05) is 13.2 Å². The fraction of sp³-hybridized carbons (Fsp3) is 0.357. The zero-order valence-electron chi connectivity index (χ0n) is 9.61. The van der Waals surface area contributed by atoms with Crippen LogP contribution in [0.1, 0.15) is 23.6 Å². The minimum absolute atomic E-state index is 0.0463. The Labute approximate surface area is 100 Å². The number of ether oxygens (including phenoxy) is 1. The van der Waals surface area contributed by atoms with Crippen molar-refractivity contribution in [3.63, 3.8) is 0 Å². The van der Waals surface area contributed by atoms with Crippen molar-refractivity contribution in [1.82, 2.24) is 5.32 Å². The second-order valence-corrected chi connectivity index (χ2v) is 4.56. The summed E-state index contributed by atoms with van der Waals surface area (Å²) in [4.78, 5) is 11.3. The number of aryl methyl sites for hydroxylation is 1. The highest BCUT2D eigenvalue weighted by atomic mass is 16.5. The van der Waals surface area contributed by atoms with Gasteiger partial charge in [0.1, 0.15) is 6.61 Å². The van der Waals surface area contributed by atoms with Crippen LogP contribution in [0.4, 0.5) is 0 Å². The van der Waals surface area contributed by atoms with Gasteiger partial charge in [-0.3, -0.25) is 4.79 Å². The van der Waals surface area contributed by atoms with Gasteiger partial charge in [0.05, 0.1) is 12.6 Å². The molecule has 1 atom stereocenters. The third-order valence-corrected chi connectivity index (χ3v) is 3.33. The Morgan fingerprint density at radius 2 is 2.12 bits per heavy atom. The van der Waals surface area contributed by atoms with E-state index in [2.05, 4.69) is 29.6 Å². The van der Waals surface area contributed by atoms with Gasteiger partial charge in [-0.25, -0.2) is 0 Å². The summed E-state index contributed by atoms with van der Waals surface area (Å²) in [7, 11) is 0. The lowest BCUT2D eigenvalue weighted by Gasteiger charge is -2.20. The lowest BCUT2D eigenvalue weighted by molar-refractivity contribution is -0.119. The van der Waals surface area contributed by atoms with Gasteiger partial charge in [0.15, 0.2) is 5.78 Å². The van der Waals surface area contributed by atoms with Crippen LogP contribution in [0.3, 0.4) is 0 Å². The molecule has 3 heteroatoms. The van der Waals surface area contributed by atoms with Gasteiger partial charge in [0.2, 0.25) is 0 Å². The first-order valence-corrected chi connectivity index (χ1v) is 5.98. The van der Waals surface area contributed by atoms with Crippen LogP contribution < -0.4 is 5.32 Å². The summed E-state index contributed by atoms with van der Waals surface area (Å²) in [5.74, 6) is 0.0463. The number of nitrogens with one attached hydrogen (secondary N) is 1. The summed E-state index contributed by atoms with van der Waals surface area (Å²) < 4.78 is 5.21. The molecule has 3 rings (SSSR count). The average Bonchev–Trinajstić information content (AvgIpc) is 2.73. The van der Waals surface area contributed by atoms with Crippen molar-refractivity contribution < 1.29 is 9.53 Å². The summed E-state index contributed by atoms with van der Waals surface area (Å²) in [6.07, 6.45) is 3.87. The molecule has 0 fully saturated rings. The summed E-state index contributed by atoms with van der Waals surface area (Å²) >= 11 is 0. The Morgan fingerprint density at radius 3 is 3.00 bits per heavy atom. The average molecular weight is 229 g/mol. The maximum Gasteiger partial charge on any atom is 0.183 e. The molecular weight excluding hydrogens is 214 g/mol. The topological polar surface area (TPSA) is 38.3 Å². The van der Waals surface area contributed by atoms with Crippen LogP contribution in [-0.4, -0.2) is 19.0 Å². The predicted octanol–water partition coefficient (Wildman–Crippen LogP) is 1.75.